The van der Waals surface area contributed by atoms with Crippen molar-refractivity contribution in [1.29, 1.82) is 0 Å². The molecule has 7 heteroatoms. The second-order valence-corrected chi connectivity index (χ2v) is 9.28. The Morgan fingerprint density at radius 3 is 2.32 bits per heavy atom. The predicted molar refractivity (Wildman–Crippen MR) is 110 cm³/mol. The molecule has 150 valence electrons. The van der Waals surface area contributed by atoms with E-state index in [1.807, 2.05) is 32.9 Å². The number of carbonyl (C=O) groups is 2. The summed E-state index contributed by atoms with van der Waals surface area (Å²) in [5, 5.41) is 5.51. The molecule has 2 amide bonds. The molecule has 6 nitrogen and oxygen atoms in total. The van der Waals surface area contributed by atoms with Crippen LogP contribution in [-0.4, -0.2) is 32.5 Å². The van der Waals surface area contributed by atoms with E-state index >= 15 is 0 Å². The number of amides is 2. The maximum atomic E-state index is 12.8. The van der Waals surface area contributed by atoms with E-state index < -0.39 is 15.9 Å². The van der Waals surface area contributed by atoms with Crippen molar-refractivity contribution in [3.63, 3.8) is 0 Å². The fourth-order valence-electron chi connectivity index (χ4n) is 2.80. The summed E-state index contributed by atoms with van der Waals surface area (Å²) in [5.74, 6) is -0.527. The minimum absolute atomic E-state index is 0.120. The smallest absolute Gasteiger partial charge is 0.252 e. The molecule has 0 saturated carbocycles. The van der Waals surface area contributed by atoms with Crippen molar-refractivity contribution in [2.75, 3.05) is 11.6 Å². The standard InChI is InChI=1S/C21H26N2O4S/c1-14(2)12-19(23-20(24)18-11-6-5-8-15(18)3)21(25)22-16-9-7-10-17(13-16)28(4,26)27/h5-11,13-14,19H,12H2,1-4H3,(H,22,25)(H,23,24)/t19-/m1/s1. The van der Waals surface area contributed by atoms with Crippen molar-refractivity contribution >= 4 is 27.3 Å². The van der Waals surface area contributed by atoms with Crippen LogP contribution in [-0.2, 0) is 14.6 Å². The van der Waals surface area contributed by atoms with Crippen LogP contribution in [0, 0.1) is 12.8 Å². The molecule has 0 saturated heterocycles. The van der Waals surface area contributed by atoms with Crippen LogP contribution < -0.4 is 10.6 Å². The van der Waals surface area contributed by atoms with Crippen LogP contribution >= 0.6 is 0 Å². The molecule has 0 heterocycles. The van der Waals surface area contributed by atoms with Gasteiger partial charge in [-0.15, -0.1) is 0 Å². The summed E-state index contributed by atoms with van der Waals surface area (Å²) >= 11 is 0. The lowest BCUT2D eigenvalue weighted by Crippen LogP contribution is -2.44. The molecule has 2 N–H and O–H groups in total. The van der Waals surface area contributed by atoms with Gasteiger partial charge in [0.1, 0.15) is 6.04 Å². The third kappa shape index (κ3) is 5.92. The first-order valence-electron chi connectivity index (χ1n) is 9.05. The topological polar surface area (TPSA) is 92.3 Å². The zero-order valence-electron chi connectivity index (χ0n) is 16.5. The molecule has 28 heavy (non-hydrogen) atoms. The van der Waals surface area contributed by atoms with Crippen LogP contribution in [0.5, 0.6) is 0 Å². The third-order valence-corrected chi connectivity index (χ3v) is 5.36. The Hall–Kier alpha value is -2.67. The summed E-state index contributed by atoms with van der Waals surface area (Å²) in [6.07, 6.45) is 1.56. The van der Waals surface area contributed by atoms with Crippen LogP contribution in [0.4, 0.5) is 5.69 Å². The third-order valence-electron chi connectivity index (χ3n) is 4.25. The van der Waals surface area contributed by atoms with E-state index in [0.717, 1.165) is 11.8 Å². The van der Waals surface area contributed by atoms with Crippen molar-refractivity contribution < 1.29 is 18.0 Å². The van der Waals surface area contributed by atoms with Gasteiger partial charge in [-0.3, -0.25) is 9.59 Å². The van der Waals surface area contributed by atoms with Gasteiger partial charge in [-0.25, -0.2) is 8.42 Å². The quantitative estimate of drug-likeness (QED) is 0.744. The van der Waals surface area contributed by atoms with E-state index in [-0.39, 0.29) is 22.6 Å². The maximum Gasteiger partial charge on any atom is 0.252 e. The van der Waals surface area contributed by atoms with E-state index in [0.29, 0.717) is 17.7 Å². The second-order valence-electron chi connectivity index (χ2n) is 7.26. The van der Waals surface area contributed by atoms with Crippen LogP contribution in [0.15, 0.2) is 53.4 Å². The molecular formula is C21H26N2O4S. The van der Waals surface area contributed by atoms with E-state index in [1.165, 1.54) is 12.1 Å². The van der Waals surface area contributed by atoms with Gasteiger partial charge in [0.2, 0.25) is 5.91 Å². The number of aryl methyl sites for hydroxylation is 1. The van der Waals surface area contributed by atoms with E-state index in [1.54, 1.807) is 24.3 Å². The molecule has 2 aromatic carbocycles. The molecule has 0 aliphatic rings. The average molecular weight is 403 g/mol. The Morgan fingerprint density at radius 2 is 1.71 bits per heavy atom. The predicted octanol–water partition coefficient (Wildman–Crippen LogP) is 3.18. The van der Waals surface area contributed by atoms with Gasteiger partial charge in [0.05, 0.1) is 4.90 Å². The number of hydrogen-bond donors (Lipinski definition) is 2. The summed E-state index contributed by atoms with van der Waals surface area (Å²) in [6, 6.07) is 12.5. The first-order chi connectivity index (χ1) is 13.1. The van der Waals surface area contributed by atoms with Crippen LogP contribution in [0.1, 0.15) is 36.2 Å². The van der Waals surface area contributed by atoms with E-state index in [9.17, 15) is 18.0 Å². The van der Waals surface area contributed by atoms with Crippen molar-refractivity contribution in [2.24, 2.45) is 5.92 Å². The molecule has 0 fully saturated rings. The minimum atomic E-state index is -3.38. The van der Waals surface area contributed by atoms with Gasteiger partial charge in [-0.05, 0) is 49.1 Å². The van der Waals surface area contributed by atoms with Crippen LogP contribution in [0.3, 0.4) is 0 Å². The summed E-state index contributed by atoms with van der Waals surface area (Å²) in [7, 11) is -3.38. The molecule has 2 rings (SSSR count). The number of benzene rings is 2. The van der Waals surface area contributed by atoms with Gasteiger partial charge >= 0.3 is 0 Å². The molecule has 0 unspecified atom stereocenters. The van der Waals surface area contributed by atoms with E-state index in [4.69, 9.17) is 0 Å². The lowest BCUT2D eigenvalue weighted by atomic mass is 10.0. The van der Waals surface area contributed by atoms with Crippen LogP contribution in [0.25, 0.3) is 0 Å². The first kappa shape index (κ1) is 21.6. The highest BCUT2D eigenvalue weighted by Crippen LogP contribution is 2.17. The molecule has 0 aromatic heterocycles. The summed E-state index contributed by atoms with van der Waals surface area (Å²) in [5.41, 5.74) is 1.71. The zero-order valence-corrected chi connectivity index (χ0v) is 17.3. The highest BCUT2D eigenvalue weighted by atomic mass is 32.2. The van der Waals surface area contributed by atoms with Gasteiger partial charge in [0, 0.05) is 17.5 Å². The minimum Gasteiger partial charge on any atom is -0.340 e. The number of anilines is 1. The van der Waals surface area contributed by atoms with Gasteiger partial charge < -0.3 is 10.6 Å². The van der Waals surface area contributed by atoms with Gasteiger partial charge in [-0.2, -0.15) is 0 Å². The first-order valence-corrected chi connectivity index (χ1v) is 10.9. The fourth-order valence-corrected chi connectivity index (χ4v) is 3.47. The van der Waals surface area contributed by atoms with Crippen molar-refractivity contribution in [3.8, 4) is 0 Å². The number of rotatable bonds is 7. The van der Waals surface area contributed by atoms with Crippen molar-refractivity contribution in [1.82, 2.24) is 5.32 Å². The van der Waals surface area contributed by atoms with Gasteiger partial charge in [0.25, 0.3) is 5.91 Å². The van der Waals surface area contributed by atoms with Gasteiger partial charge in [0.15, 0.2) is 9.84 Å². The lowest BCUT2D eigenvalue weighted by Gasteiger charge is -2.21. The lowest BCUT2D eigenvalue weighted by molar-refractivity contribution is -0.118. The Balaban J connectivity index is 2.20. The normalized spacial score (nSPS) is 12.5. The largest absolute Gasteiger partial charge is 0.340 e. The molecule has 1 atom stereocenters. The highest BCUT2D eigenvalue weighted by molar-refractivity contribution is 7.90. The molecule has 0 aliphatic heterocycles. The van der Waals surface area contributed by atoms with Crippen LogP contribution in [0.2, 0.25) is 0 Å². The SMILES string of the molecule is Cc1ccccc1C(=O)N[C@H](CC(C)C)C(=O)Nc1cccc(S(C)(=O)=O)c1. The van der Waals surface area contributed by atoms with E-state index in [2.05, 4.69) is 10.6 Å². The molecule has 0 aliphatic carbocycles. The van der Waals surface area contributed by atoms with Crippen molar-refractivity contribution in [3.05, 3.63) is 59.7 Å². The highest BCUT2D eigenvalue weighted by Gasteiger charge is 2.23. The average Bonchev–Trinajstić information content (AvgIpc) is 2.60. The zero-order chi connectivity index (χ0) is 20.9. The molecule has 2 aromatic rings. The molecular weight excluding hydrogens is 376 g/mol. The summed E-state index contributed by atoms with van der Waals surface area (Å²) in [4.78, 5) is 25.5. The number of hydrogen-bond acceptors (Lipinski definition) is 4. The Kier molecular flexibility index (Phi) is 6.96. The summed E-state index contributed by atoms with van der Waals surface area (Å²) in [6.45, 7) is 5.76. The Labute approximate surface area is 166 Å². The molecule has 0 radical (unpaired) electrons. The second kappa shape index (κ2) is 9.01. The molecule has 0 bridgehead atoms. The number of nitrogens with one attached hydrogen (secondary N) is 2. The fraction of sp³-hybridized carbons (Fsp3) is 0.333. The number of sulfone groups is 1. The Bertz CT molecular complexity index is 968. The van der Waals surface area contributed by atoms with Gasteiger partial charge in [-0.1, -0.05) is 38.1 Å². The maximum absolute atomic E-state index is 12.8. The Morgan fingerprint density at radius 1 is 1.04 bits per heavy atom. The van der Waals surface area contributed by atoms with Crippen molar-refractivity contribution in [2.45, 2.75) is 38.1 Å². The summed E-state index contributed by atoms with van der Waals surface area (Å²) < 4.78 is 23.4. The number of carbonyl (C=O) groups excluding carboxylic acids is 2. The molecule has 0 spiro atoms. The monoisotopic (exact) mass is 402 g/mol.